The van der Waals surface area contributed by atoms with Crippen molar-refractivity contribution in [1.82, 2.24) is 5.06 Å². The molecule has 0 aromatic heterocycles. The number of amides is 4. The van der Waals surface area contributed by atoms with Crippen LogP contribution in [0.1, 0.15) is 62.2 Å². The molecule has 1 saturated heterocycles. The number of ether oxygens (including phenoxy) is 8. The van der Waals surface area contributed by atoms with Gasteiger partial charge in [-0.05, 0) is 71.1 Å². The Morgan fingerprint density at radius 2 is 1.20 bits per heavy atom. The van der Waals surface area contributed by atoms with Crippen LogP contribution in [0, 0.1) is 0 Å². The largest absolute Gasteiger partial charge is 0.493 e. The molecule has 2 atom stereocenters. The Bertz CT molecular complexity index is 2980. The molecule has 0 bridgehead atoms. The van der Waals surface area contributed by atoms with E-state index in [4.69, 9.17) is 47.7 Å². The second-order valence-corrected chi connectivity index (χ2v) is 18.0. The van der Waals surface area contributed by atoms with Gasteiger partial charge in [0.25, 0.3) is 23.6 Å². The van der Waals surface area contributed by atoms with Gasteiger partial charge in [0.05, 0.1) is 94.9 Å². The van der Waals surface area contributed by atoms with Gasteiger partial charge in [-0.3, -0.25) is 29.1 Å². The highest BCUT2D eigenvalue weighted by atomic mass is 16.7. The van der Waals surface area contributed by atoms with Gasteiger partial charge in [0.15, 0.2) is 23.0 Å². The van der Waals surface area contributed by atoms with E-state index in [0.717, 1.165) is 40.0 Å². The van der Waals surface area contributed by atoms with E-state index in [1.54, 1.807) is 30.2 Å². The Kier molecular flexibility index (Phi) is 15.0. The maximum Gasteiger partial charge on any atom is 0.335 e. The normalized spacial score (nSPS) is 17.1. The number of fused-ring (bicyclic) bond motifs is 8. The van der Waals surface area contributed by atoms with E-state index >= 15 is 0 Å². The first kappa shape index (κ1) is 49.6. The fourth-order valence-corrected chi connectivity index (χ4v) is 9.62. The van der Waals surface area contributed by atoms with E-state index in [1.165, 1.54) is 7.11 Å². The van der Waals surface area contributed by atoms with Gasteiger partial charge in [0.1, 0.15) is 25.6 Å². The maximum atomic E-state index is 14.1. The molecule has 0 aliphatic carbocycles. The highest BCUT2D eigenvalue weighted by Gasteiger charge is 2.39. The van der Waals surface area contributed by atoms with Gasteiger partial charge in [-0.2, -0.15) is 0 Å². The average Bonchev–Trinajstić information content (AvgIpc) is 4.04. The number of hydroxylamine groups is 2. The van der Waals surface area contributed by atoms with Crippen molar-refractivity contribution >= 4 is 58.6 Å². The van der Waals surface area contributed by atoms with Crippen LogP contribution in [0.25, 0.3) is 0 Å². The van der Waals surface area contributed by atoms with Crippen LogP contribution >= 0.6 is 0 Å². The van der Waals surface area contributed by atoms with E-state index in [-0.39, 0.29) is 89.4 Å². The summed E-state index contributed by atoms with van der Waals surface area (Å²) < 4.78 is 47.4. The van der Waals surface area contributed by atoms with Crippen molar-refractivity contribution in [2.75, 3.05) is 82.1 Å². The monoisotopic (exact) mass is 1010 g/mol. The Balaban J connectivity index is 0.776. The number of hydrogen-bond donors (Lipinski definition) is 1. The van der Waals surface area contributed by atoms with Crippen LogP contribution in [0.3, 0.4) is 0 Å². The number of methoxy groups -OCH3 is 2. The van der Waals surface area contributed by atoms with Crippen LogP contribution in [0.5, 0.6) is 28.7 Å². The van der Waals surface area contributed by atoms with Crippen LogP contribution in [0.2, 0.25) is 0 Å². The molecule has 4 amide bonds. The molecule has 1 fully saturated rings. The van der Waals surface area contributed by atoms with Gasteiger partial charge in [-0.1, -0.05) is 36.4 Å². The lowest BCUT2D eigenvalue weighted by atomic mass is 10.1. The molecule has 384 valence electrons. The second kappa shape index (κ2) is 22.4. The van der Waals surface area contributed by atoms with Crippen molar-refractivity contribution in [2.45, 2.75) is 57.4 Å². The van der Waals surface area contributed by atoms with Gasteiger partial charge in [0, 0.05) is 55.5 Å². The van der Waals surface area contributed by atoms with Crippen LogP contribution < -0.4 is 38.8 Å². The lowest BCUT2D eigenvalue weighted by molar-refractivity contribution is -0.198. The number of hydrogen-bond acceptors (Lipinski definition) is 16. The molecule has 5 aromatic rings. The van der Waals surface area contributed by atoms with E-state index in [1.807, 2.05) is 77.8 Å². The van der Waals surface area contributed by atoms with Gasteiger partial charge < -0.3 is 52.9 Å². The predicted octanol–water partition coefficient (Wildman–Crippen LogP) is 6.57. The number of nitrogens with one attached hydrogen (secondary N) is 1. The van der Waals surface area contributed by atoms with E-state index < -0.39 is 17.8 Å². The molecule has 10 rings (SSSR count). The first-order chi connectivity index (χ1) is 36.1. The number of para-hydroxylation sites is 2. The molecule has 5 heterocycles. The highest BCUT2D eigenvalue weighted by Crippen LogP contribution is 2.43. The van der Waals surface area contributed by atoms with Crippen LogP contribution in [0.4, 0.5) is 22.7 Å². The first-order valence-electron chi connectivity index (χ1n) is 24.5. The minimum atomic E-state index is -0.731. The summed E-state index contributed by atoms with van der Waals surface area (Å²) in [5.41, 5.74) is 7.57. The van der Waals surface area contributed by atoms with Gasteiger partial charge in [-0.25, -0.2) is 4.79 Å². The Labute approximate surface area is 426 Å². The van der Waals surface area contributed by atoms with E-state index in [9.17, 15) is 24.0 Å². The van der Waals surface area contributed by atoms with Crippen LogP contribution in [-0.2, 0) is 59.5 Å². The van der Waals surface area contributed by atoms with Crippen LogP contribution in [0.15, 0.2) is 96.0 Å². The number of imide groups is 1. The Morgan fingerprint density at radius 3 is 1.88 bits per heavy atom. The molecule has 1 N–H and O–H groups in total. The highest BCUT2D eigenvalue weighted by molar-refractivity contribution is 6.15. The summed E-state index contributed by atoms with van der Waals surface area (Å²) in [6.45, 7) is 2.34. The molecule has 0 spiro atoms. The van der Waals surface area contributed by atoms with Crippen molar-refractivity contribution in [2.24, 2.45) is 4.99 Å². The number of benzene rings is 5. The van der Waals surface area contributed by atoms with Crippen molar-refractivity contribution < 1.29 is 66.7 Å². The third-order valence-electron chi connectivity index (χ3n) is 13.2. The molecule has 0 unspecified atom stereocenters. The average molecular weight is 1010 g/mol. The summed E-state index contributed by atoms with van der Waals surface area (Å²) in [5, 5.41) is 4.00. The van der Waals surface area contributed by atoms with Crippen molar-refractivity contribution in [3.63, 3.8) is 0 Å². The number of aliphatic imine (C=N–C) groups is 1. The first-order valence-corrected chi connectivity index (χ1v) is 24.5. The number of nitrogens with zero attached hydrogens (tertiary/aromatic N) is 4. The fraction of sp³-hybridized carbons (Fsp3) is 0.345. The molecule has 5 aromatic carbocycles. The Morgan fingerprint density at radius 1 is 0.622 bits per heavy atom. The molecular formula is C55H55N5O14. The second-order valence-electron chi connectivity index (χ2n) is 18.0. The molecule has 5 aliphatic heterocycles. The topological polar surface area (TPSA) is 203 Å². The minimum absolute atomic E-state index is 0.0284. The lowest BCUT2D eigenvalue weighted by Crippen LogP contribution is -2.39. The zero-order valence-electron chi connectivity index (χ0n) is 41.0. The number of carbonyl (C=O) groups excluding carboxylic acids is 5. The summed E-state index contributed by atoms with van der Waals surface area (Å²) in [4.78, 5) is 76.6. The molecule has 19 heteroatoms. The summed E-state index contributed by atoms with van der Waals surface area (Å²) in [6, 6.07) is 28.3. The zero-order valence-corrected chi connectivity index (χ0v) is 41.0. The quantitative estimate of drug-likeness (QED) is 0.0576. The molecular weight excluding hydrogens is 955 g/mol. The summed E-state index contributed by atoms with van der Waals surface area (Å²) in [5.74, 6) is 0.102. The van der Waals surface area contributed by atoms with Gasteiger partial charge in [0.2, 0.25) is 0 Å². The smallest absolute Gasteiger partial charge is 0.335 e. The standard InChI is InChI=1S/C55H55N5O14/c1-66-47-26-41-43(56-30-38-24-36-7-3-5-9-45(36)58(38)54(41)64)28-49(47)72-32-34-21-35(23-40(22-34)71-20-19-70-18-17-69-16-15-68-14-13-53(63)74-60-51(61)11-12-52(60)62)33-73-50-29-44-42(27-48(50)67-2)55(65)59-39(31-57-44)25-37-8-4-6-10-46(37)59/h3-10,21-23,26-30,38-39,57H,11-20,24-25,31-33H2,1-2H3/t38-,39-/m0/s1. The molecule has 5 aliphatic rings. The predicted molar refractivity (Wildman–Crippen MR) is 269 cm³/mol. The number of anilines is 3. The third-order valence-corrected chi connectivity index (χ3v) is 13.2. The van der Waals surface area contributed by atoms with Crippen molar-refractivity contribution in [1.29, 1.82) is 0 Å². The molecule has 0 radical (unpaired) electrons. The fourth-order valence-electron chi connectivity index (χ4n) is 9.62. The van der Waals surface area contributed by atoms with Crippen LogP contribution in [-0.4, -0.2) is 120 Å². The zero-order chi connectivity index (χ0) is 51.1. The minimum Gasteiger partial charge on any atom is -0.493 e. The maximum absolute atomic E-state index is 14.1. The number of carbonyl (C=O) groups is 5. The SMILES string of the molecule is COc1cc2c(cc1OCc1cc(COc3cc4c(cc3OC)C(=O)N3c5ccccc5C[C@H]3CN4)cc(OCCOCCOCCOCCC(=O)ON3C(=O)CCC3=O)c1)N=C[C@@H]1Cc3ccccc3N1C2=O. The van der Waals surface area contributed by atoms with Crippen molar-refractivity contribution in [3.05, 3.63) is 124 Å². The molecule has 74 heavy (non-hydrogen) atoms. The number of rotatable bonds is 22. The molecule has 0 saturated carbocycles. The van der Waals surface area contributed by atoms with Gasteiger partial charge >= 0.3 is 5.97 Å². The molecule has 19 nitrogen and oxygen atoms in total. The van der Waals surface area contributed by atoms with E-state index in [2.05, 4.69) is 11.4 Å². The third kappa shape index (κ3) is 10.7. The summed E-state index contributed by atoms with van der Waals surface area (Å²) in [7, 11) is 3.07. The summed E-state index contributed by atoms with van der Waals surface area (Å²) >= 11 is 0. The van der Waals surface area contributed by atoms with E-state index in [0.29, 0.717) is 82.5 Å². The Hall–Kier alpha value is -8.00. The lowest BCUT2D eigenvalue weighted by Gasteiger charge is -2.22. The van der Waals surface area contributed by atoms with Gasteiger partial charge in [-0.15, -0.1) is 5.06 Å². The van der Waals surface area contributed by atoms with Crippen molar-refractivity contribution in [3.8, 4) is 28.7 Å². The summed E-state index contributed by atoms with van der Waals surface area (Å²) in [6.07, 6.45) is 3.18.